The Hall–Kier alpha value is -1.93. The Balaban J connectivity index is 2.31. The summed E-state index contributed by atoms with van der Waals surface area (Å²) in [5.74, 6) is -0.233. The molecule has 0 saturated carbocycles. The normalized spacial score (nSPS) is 17.9. The van der Waals surface area contributed by atoms with Crippen LogP contribution in [0.3, 0.4) is 0 Å². The van der Waals surface area contributed by atoms with E-state index in [-0.39, 0.29) is 22.8 Å². The summed E-state index contributed by atoms with van der Waals surface area (Å²) in [6.07, 6.45) is 2.05. The van der Waals surface area contributed by atoms with Gasteiger partial charge in [0.05, 0.1) is 4.90 Å². The van der Waals surface area contributed by atoms with Gasteiger partial charge in [-0.25, -0.2) is 12.7 Å². The molecule has 7 nitrogen and oxygen atoms in total. The molecular formula is C19H29N3O4S. The van der Waals surface area contributed by atoms with Crippen LogP contribution in [0.4, 0.5) is 0 Å². The smallest absolute Gasteiger partial charge is 0.253 e. The van der Waals surface area contributed by atoms with E-state index in [1.807, 2.05) is 0 Å². The molecule has 2 amide bonds. The minimum Gasteiger partial charge on any atom is -0.352 e. The molecule has 1 aromatic rings. The molecule has 1 aliphatic rings. The van der Waals surface area contributed by atoms with E-state index in [1.165, 1.54) is 20.2 Å². The average molecular weight is 396 g/mol. The molecule has 1 unspecified atom stereocenters. The molecule has 1 fully saturated rings. The summed E-state index contributed by atoms with van der Waals surface area (Å²) in [5.41, 5.74) is 1.77. The number of piperidine rings is 1. The lowest BCUT2D eigenvalue weighted by molar-refractivity contribution is -0.121. The highest BCUT2D eigenvalue weighted by Gasteiger charge is 2.28. The minimum atomic E-state index is -3.64. The quantitative estimate of drug-likeness (QED) is 0.822. The van der Waals surface area contributed by atoms with Gasteiger partial charge in [-0.2, -0.15) is 0 Å². The van der Waals surface area contributed by atoms with E-state index < -0.39 is 10.0 Å². The fraction of sp³-hybridized carbons (Fsp3) is 0.579. The van der Waals surface area contributed by atoms with Gasteiger partial charge in [0, 0.05) is 45.2 Å². The molecule has 1 aromatic carbocycles. The van der Waals surface area contributed by atoms with Gasteiger partial charge in [0.15, 0.2) is 0 Å². The molecule has 0 aliphatic carbocycles. The lowest BCUT2D eigenvalue weighted by Crippen LogP contribution is -2.49. The lowest BCUT2D eigenvalue weighted by atomic mass is 10.0. The fourth-order valence-electron chi connectivity index (χ4n) is 3.21. The first-order valence-electron chi connectivity index (χ1n) is 9.20. The van der Waals surface area contributed by atoms with Gasteiger partial charge >= 0.3 is 0 Å². The molecule has 0 radical (unpaired) electrons. The zero-order valence-corrected chi connectivity index (χ0v) is 17.5. The molecule has 1 atom stereocenters. The Morgan fingerprint density at radius 1 is 1.26 bits per heavy atom. The molecule has 27 heavy (non-hydrogen) atoms. The van der Waals surface area contributed by atoms with Gasteiger partial charge in [-0.15, -0.1) is 0 Å². The molecule has 0 aromatic heterocycles. The highest BCUT2D eigenvalue weighted by Crippen LogP contribution is 2.25. The second kappa shape index (κ2) is 8.39. The van der Waals surface area contributed by atoms with Crippen molar-refractivity contribution in [3.05, 3.63) is 28.8 Å². The summed E-state index contributed by atoms with van der Waals surface area (Å²) in [6.45, 7) is 6.38. The van der Waals surface area contributed by atoms with Gasteiger partial charge in [-0.1, -0.05) is 6.92 Å². The van der Waals surface area contributed by atoms with Crippen LogP contribution in [0.15, 0.2) is 17.0 Å². The first-order chi connectivity index (χ1) is 12.6. The van der Waals surface area contributed by atoms with Crippen LogP contribution in [0.2, 0.25) is 0 Å². The Morgan fingerprint density at radius 3 is 2.52 bits per heavy atom. The van der Waals surface area contributed by atoms with Gasteiger partial charge in [-0.05, 0) is 49.9 Å². The van der Waals surface area contributed by atoms with Gasteiger partial charge in [-0.3, -0.25) is 9.59 Å². The van der Waals surface area contributed by atoms with Crippen LogP contribution in [0.5, 0.6) is 0 Å². The zero-order chi connectivity index (χ0) is 20.4. The van der Waals surface area contributed by atoms with Crippen molar-refractivity contribution in [2.45, 2.75) is 51.0 Å². The number of sulfonamides is 1. The number of aryl methyl sites for hydroxylation is 1. The lowest BCUT2D eigenvalue weighted by Gasteiger charge is -2.33. The summed E-state index contributed by atoms with van der Waals surface area (Å²) in [6, 6.07) is 3.14. The summed E-state index contributed by atoms with van der Waals surface area (Å²) in [7, 11) is -0.688. The molecule has 150 valence electrons. The second-order valence-corrected chi connectivity index (χ2v) is 9.34. The maximum absolute atomic E-state index is 13.0. The molecule has 8 heteroatoms. The molecule has 1 heterocycles. The molecule has 1 N–H and O–H groups in total. The van der Waals surface area contributed by atoms with Gasteiger partial charge in [0.25, 0.3) is 5.91 Å². The number of carbonyl (C=O) groups excluding carboxylic acids is 2. The number of rotatable bonds is 5. The Labute approximate surface area is 161 Å². The predicted octanol–water partition coefficient (Wildman–Crippen LogP) is 1.68. The summed E-state index contributed by atoms with van der Waals surface area (Å²) in [5, 5.41) is 2.94. The first kappa shape index (κ1) is 21.4. The van der Waals surface area contributed by atoms with E-state index in [4.69, 9.17) is 0 Å². The third-order valence-corrected chi connectivity index (χ3v) is 6.96. The van der Waals surface area contributed by atoms with E-state index in [1.54, 1.807) is 31.7 Å². The van der Waals surface area contributed by atoms with Gasteiger partial charge < -0.3 is 10.2 Å². The van der Waals surface area contributed by atoms with Crippen molar-refractivity contribution in [3.8, 4) is 0 Å². The monoisotopic (exact) mass is 395 g/mol. The number of hydrogen-bond acceptors (Lipinski definition) is 4. The largest absolute Gasteiger partial charge is 0.352 e. The molecule has 0 spiro atoms. The highest BCUT2D eigenvalue weighted by atomic mass is 32.2. The van der Waals surface area contributed by atoms with E-state index in [0.717, 1.165) is 22.7 Å². The number of benzene rings is 1. The van der Waals surface area contributed by atoms with E-state index in [0.29, 0.717) is 30.6 Å². The predicted molar refractivity (Wildman–Crippen MR) is 104 cm³/mol. The number of likely N-dealkylation sites (tertiary alicyclic amines) is 1. The SMILES string of the molecule is CCC(=O)NC1CCCN(C(=O)c2cc(C)c(C)c(S(=O)(=O)N(C)C)c2)C1. The first-order valence-corrected chi connectivity index (χ1v) is 10.6. The van der Waals surface area contributed by atoms with Crippen LogP contribution in [0.1, 0.15) is 47.7 Å². The van der Waals surface area contributed by atoms with Crippen molar-refractivity contribution >= 4 is 21.8 Å². The van der Waals surface area contributed by atoms with Gasteiger partial charge in [0.1, 0.15) is 0 Å². The average Bonchev–Trinajstić information content (AvgIpc) is 2.62. The van der Waals surface area contributed by atoms with Crippen LogP contribution in [0.25, 0.3) is 0 Å². The van der Waals surface area contributed by atoms with E-state index in [9.17, 15) is 18.0 Å². The number of amides is 2. The number of nitrogens with zero attached hydrogens (tertiary/aromatic N) is 2. The van der Waals surface area contributed by atoms with Crippen LogP contribution in [-0.4, -0.2) is 62.7 Å². The van der Waals surface area contributed by atoms with Crippen molar-refractivity contribution < 1.29 is 18.0 Å². The minimum absolute atomic E-state index is 0.0279. The van der Waals surface area contributed by atoms with Crippen LogP contribution in [-0.2, 0) is 14.8 Å². The summed E-state index contributed by atoms with van der Waals surface area (Å²) >= 11 is 0. The van der Waals surface area contributed by atoms with Gasteiger partial charge in [0.2, 0.25) is 15.9 Å². The molecular weight excluding hydrogens is 366 g/mol. The fourth-order valence-corrected chi connectivity index (χ4v) is 4.42. The Bertz CT molecular complexity index is 834. The molecule has 1 aliphatic heterocycles. The zero-order valence-electron chi connectivity index (χ0n) is 16.7. The van der Waals surface area contributed by atoms with Crippen molar-refractivity contribution in [2.24, 2.45) is 0 Å². The molecule has 1 saturated heterocycles. The second-order valence-electron chi connectivity index (χ2n) is 7.22. The van der Waals surface area contributed by atoms with Crippen LogP contribution >= 0.6 is 0 Å². The topological polar surface area (TPSA) is 86.8 Å². The van der Waals surface area contributed by atoms with Crippen molar-refractivity contribution in [1.29, 1.82) is 0 Å². The van der Waals surface area contributed by atoms with Crippen LogP contribution < -0.4 is 5.32 Å². The number of hydrogen-bond donors (Lipinski definition) is 1. The third kappa shape index (κ3) is 4.68. The van der Waals surface area contributed by atoms with Crippen molar-refractivity contribution in [2.75, 3.05) is 27.2 Å². The van der Waals surface area contributed by atoms with E-state index in [2.05, 4.69) is 5.32 Å². The summed E-state index contributed by atoms with van der Waals surface area (Å²) in [4.78, 5) is 26.5. The van der Waals surface area contributed by atoms with Crippen LogP contribution in [0, 0.1) is 13.8 Å². The van der Waals surface area contributed by atoms with Crippen molar-refractivity contribution in [1.82, 2.24) is 14.5 Å². The Morgan fingerprint density at radius 2 is 1.93 bits per heavy atom. The third-order valence-electron chi connectivity index (χ3n) is 5.02. The summed E-state index contributed by atoms with van der Waals surface area (Å²) < 4.78 is 26.4. The number of carbonyl (C=O) groups is 2. The molecule has 0 bridgehead atoms. The van der Waals surface area contributed by atoms with Crippen molar-refractivity contribution in [3.63, 3.8) is 0 Å². The highest BCUT2D eigenvalue weighted by molar-refractivity contribution is 7.89. The maximum Gasteiger partial charge on any atom is 0.253 e. The maximum atomic E-state index is 13.0. The van der Waals surface area contributed by atoms with E-state index >= 15 is 0 Å². The number of nitrogens with one attached hydrogen (secondary N) is 1. The Kier molecular flexibility index (Phi) is 6.64. The standard InChI is InChI=1S/C19H29N3O4S/c1-6-18(23)20-16-8-7-9-22(12-16)19(24)15-10-13(2)14(3)17(11-15)27(25,26)21(4)5/h10-11,16H,6-9,12H2,1-5H3,(H,20,23). The molecule has 2 rings (SSSR count).